The number of hydrogen-bond donors (Lipinski definition) is 3. The number of nitriles is 1. The molecule has 1 saturated heterocycles. The first-order chi connectivity index (χ1) is 13.2. The van der Waals surface area contributed by atoms with Gasteiger partial charge in [-0.25, -0.2) is 0 Å². The van der Waals surface area contributed by atoms with E-state index < -0.39 is 6.41 Å². The molecule has 3 unspecified atom stereocenters. The molecule has 7 nitrogen and oxygen atoms in total. The summed E-state index contributed by atoms with van der Waals surface area (Å²) < 4.78 is 5.80. The number of nitrogens with one attached hydrogen (secondary N) is 2. The Morgan fingerprint density at radius 2 is 1.96 bits per heavy atom. The lowest BCUT2D eigenvalue weighted by Crippen LogP contribution is -2.46. The second-order valence-electron chi connectivity index (χ2n) is 9.84. The molecule has 0 radical (unpaired) electrons. The number of aliphatic hydroxyl groups excluding tert-OH is 1. The van der Waals surface area contributed by atoms with Gasteiger partial charge in [0.1, 0.15) is 6.04 Å². The molecule has 0 aromatic rings. The average molecular weight is 393 g/mol. The number of aliphatic hydroxyl groups is 1. The highest BCUT2D eigenvalue weighted by molar-refractivity contribution is 5.79. The molecular weight excluding hydrogens is 356 g/mol. The Hall–Kier alpha value is -1.20. The van der Waals surface area contributed by atoms with Crippen LogP contribution in [0.25, 0.3) is 0 Å². The van der Waals surface area contributed by atoms with Crippen LogP contribution in [0.4, 0.5) is 0 Å². The molecule has 3 aliphatic rings. The molecule has 3 fully saturated rings. The fourth-order valence-electron chi connectivity index (χ4n) is 5.24. The van der Waals surface area contributed by atoms with Crippen molar-refractivity contribution < 1.29 is 14.6 Å². The first kappa shape index (κ1) is 21.5. The Labute approximate surface area is 168 Å². The molecule has 0 spiro atoms. The standard InChI is InChI=1S/C21H36N4O3/c1-21(2,3)24-20(27)28-18-9-15-7-14(8-16(15)10-18)12-23-13-19(26)25-6-4-5-17(25)11-22/h14-18,20,23-24,27H,4-10,12-13H2,1-3H3/t14?,15-,16+,17-,18?,20?/m0/s1. The van der Waals surface area contributed by atoms with Crippen molar-refractivity contribution in [3.8, 4) is 6.07 Å². The maximum Gasteiger partial charge on any atom is 0.237 e. The number of rotatable bonds is 7. The molecule has 2 aliphatic carbocycles. The minimum Gasteiger partial charge on any atom is -0.356 e. The number of hydrogen-bond acceptors (Lipinski definition) is 6. The monoisotopic (exact) mass is 392 g/mol. The highest BCUT2D eigenvalue weighted by Gasteiger charge is 2.42. The van der Waals surface area contributed by atoms with E-state index in [1.54, 1.807) is 4.90 Å². The fraction of sp³-hybridized carbons (Fsp3) is 0.905. The number of likely N-dealkylation sites (tertiary alicyclic amines) is 1. The Morgan fingerprint density at radius 1 is 1.29 bits per heavy atom. The maximum absolute atomic E-state index is 12.3. The van der Waals surface area contributed by atoms with Gasteiger partial charge in [-0.3, -0.25) is 10.1 Å². The number of carbonyl (C=O) groups excluding carboxylic acids is 1. The van der Waals surface area contributed by atoms with Gasteiger partial charge >= 0.3 is 0 Å². The lowest BCUT2D eigenvalue weighted by Gasteiger charge is -2.27. The van der Waals surface area contributed by atoms with Gasteiger partial charge in [-0.15, -0.1) is 0 Å². The zero-order valence-corrected chi connectivity index (χ0v) is 17.5. The number of carbonyl (C=O) groups is 1. The van der Waals surface area contributed by atoms with E-state index in [-0.39, 0.29) is 23.6 Å². The summed E-state index contributed by atoms with van der Waals surface area (Å²) in [7, 11) is 0. The Kier molecular flexibility index (Phi) is 6.98. The van der Waals surface area contributed by atoms with E-state index in [9.17, 15) is 9.90 Å². The molecule has 28 heavy (non-hydrogen) atoms. The Bertz CT molecular complexity index is 571. The van der Waals surface area contributed by atoms with Crippen LogP contribution in [0.3, 0.4) is 0 Å². The first-order valence-electron chi connectivity index (χ1n) is 10.8. The van der Waals surface area contributed by atoms with Crippen molar-refractivity contribution >= 4 is 5.91 Å². The van der Waals surface area contributed by atoms with Gasteiger partial charge in [0.15, 0.2) is 0 Å². The molecule has 1 amide bonds. The zero-order chi connectivity index (χ0) is 20.3. The number of amides is 1. The maximum atomic E-state index is 12.3. The summed E-state index contributed by atoms with van der Waals surface area (Å²) in [5.74, 6) is 1.98. The summed E-state index contributed by atoms with van der Waals surface area (Å²) in [6.45, 7) is 7.94. The van der Waals surface area contributed by atoms with Crippen molar-refractivity contribution in [3.05, 3.63) is 0 Å². The lowest BCUT2D eigenvalue weighted by atomic mass is 10.0. The normalized spacial score (nSPS) is 33.7. The molecule has 1 aliphatic heterocycles. The van der Waals surface area contributed by atoms with Crippen LogP contribution in [0.15, 0.2) is 0 Å². The largest absolute Gasteiger partial charge is 0.356 e. The summed E-state index contributed by atoms with van der Waals surface area (Å²) in [5.41, 5.74) is -0.176. The molecule has 0 aromatic heterocycles. The minimum atomic E-state index is -0.907. The molecule has 2 saturated carbocycles. The fourth-order valence-corrected chi connectivity index (χ4v) is 5.24. The summed E-state index contributed by atoms with van der Waals surface area (Å²) in [5, 5.41) is 25.6. The van der Waals surface area contributed by atoms with Gasteiger partial charge in [0, 0.05) is 12.1 Å². The summed E-state index contributed by atoms with van der Waals surface area (Å²) in [6, 6.07) is 1.99. The van der Waals surface area contributed by atoms with Crippen molar-refractivity contribution in [2.75, 3.05) is 19.6 Å². The topological polar surface area (TPSA) is 97.6 Å². The van der Waals surface area contributed by atoms with E-state index in [1.807, 2.05) is 20.8 Å². The number of fused-ring (bicyclic) bond motifs is 1. The summed E-state index contributed by atoms with van der Waals surface area (Å²) in [4.78, 5) is 14.0. The van der Waals surface area contributed by atoms with E-state index in [4.69, 9.17) is 10.00 Å². The van der Waals surface area contributed by atoms with Gasteiger partial charge in [-0.1, -0.05) is 0 Å². The highest BCUT2D eigenvalue weighted by Crippen LogP contribution is 2.47. The summed E-state index contributed by atoms with van der Waals surface area (Å²) in [6.07, 6.45) is 5.32. The van der Waals surface area contributed by atoms with Gasteiger partial charge in [0.05, 0.1) is 18.7 Å². The minimum absolute atomic E-state index is 0.0519. The SMILES string of the molecule is CC(C)(C)NC(O)OC1C[C@H]2CC(CNCC(=O)N3CCC[C@H]3C#N)C[C@H]2C1. The van der Waals surface area contributed by atoms with E-state index in [2.05, 4.69) is 16.7 Å². The van der Waals surface area contributed by atoms with Crippen LogP contribution in [-0.2, 0) is 9.53 Å². The zero-order valence-electron chi connectivity index (χ0n) is 17.5. The van der Waals surface area contributed by atoms with Gasteiger partial charge in [-0.2, -0.15) is 5.26 Å². The molecular formula is C21H36N4O3. The van der Waals surface area contributed by atoms with E-state index in [0.717, 1.165) is 32.2 Å². The lowest BCUT2D eigenvalue weighted by molar-refractivity contribution is -0.163. The van der Waals surface area contributed by atoms with Gasteiger partial charge in [0.2, 0.25) is 12.3 Å². The van der Waals surface area contributed by atoms with Crippen LogP contribution in [0.5, 0.6) is 0 Å². The van der Waals surface area contributed by atoms with Crippen LogP contribution in [-0.4, -0.2) is 59.6 Å². The van der Waals surface area contributed by atoms with Gasteiger partial charge < -0.3 is 20.1 Å². The highest BCUT2D eigenvalue weighted by atomic mass is 16.6. The smallest absolute Gasteiger partial charge is 0.237 e. The second kappa shape index (κ2) is 9.08. The van der Waals surface area contributed by atoms with Gasteiger partial charge in [0.25, 0.3) is 0 Å². The molecule has 0 aromatic carbocycles. The van der Waals surface area contributed by atoms with Crippen molar-refractivity contribution in [2.24, 2.45) is 17.8 Å². The van der Waals surface area contributed by atoms with Crippen LogP contribution in [0.1, 0.15) is 59.3 Å². The third-order valence-electron chi connectivity index (χ3n) is 6.38. The van der Waals surface area contributed by atoms with Crippen molar-refractivity contribution in [2.45, 2.75) is 83.4 Å². The van der Waals surface area contributed by atoms with Crippen molar-refractivity contribution in [1.82, 2.24) is 15.5 Å². The van der Waals surface area contributed by atoms with Crippen LogP contribution < -0.4 is 10.6 Å². The van der Waals surface area contributed by atoms with E-state index >= 15 is 0 Å². The molecule has 158 valence electrons. The van der Waals surface area contributed by atoms with E-state index in [0.29, 0.717) is 30.8 Å². The van der Waals surface area contributed by atoms with Crippen LogP contribution in [0, 0.1) is 29.1 Å². The number of nitrogens with zero attached hydrogens (tertiary/aromatic N) is 2. The summed E-state index contributed by atoms with van der Waals surface area (Å²) >= 11 is 0. The van der Waals surface area contributed by atoms with Gasteiger partial charge in [-0.05, 0) is 83.6 Å². The van der Waals surface area contributed by atoms with Crippen molar-refractivity contribution in [3.63, 3.8) is 0 Å². The molecule has 7 heteroatoms. The van der Waals surface area contributed by atoms with E-state index in [1.165, 1.54) is 12.8 Å². The van der Waals surface area contributed by atoms with Crippen molar-refractivity contribution in [1.29, 1.82) is 5.26 Å². The Balaban J connectivity index is 1.33. The predicted molar refractivity (Wildman–Crippen MR) is 106 cm³/mol. The molecule has 3 N–H and O–H groups in total. The quantitative estimate of drug-likeness (QED) is 0.569. The molecule has 6 atom stereocenters. The van der Waals surface area contributed by atoms with Crippen LogP contribution in [0.2, 0.25) is 0 Å². The molecule has 0 bridgehead atoms. The molecule has 3 rings (SSSR count). The second-order valence-corrected chi connectivity index (χ2v) is 9.84. The average Bonchev–Trinajstić information content (AvgIpc) is 3.26. The third-order valence-corrected chi connectivity index (χ3v) is 6.38. The Morgan fingerprint density at radius 3 is 2.57 bits per heavy atom. The third kappa shape index (κ3) is 5.66. The predicted octanol–water partition coefficient (Wildman–Crippen LogP) is 1.58. The first-order valence-corrected chi connectivity index (χ1v) is 10.8. The van der Waals surface area contributed by atoms with Crippen LogP contribution >= 0.6 is 0 Å². The number of ether oxygens (including phenoxy) is 1. The molecule has 1 heterocycles.